The highest BCUT2D eigenvalue weighted by Crippen LogP contribution is 2.32. The summed E-state index contributed by atoms with van der Waals surface area (Å²) in [6.07, 6.45) is 9.31. The summed E-state index contributed by atoms with van der Waals surface area (Å²) >= 11 is 0. The largest absolute Gasteiger partial charge is 0.478 e. The van der Waals surface area contributed by atoms with Crippen LogP contribution in [0.25, 0.3) is 0 Å². The molecular formula is C23H29N5O3. The van der Waals surface area contributed by atoms with Crippen molar-refractivity contribution in [1.29, 1.82) is 0 Å². The first kappa shape index (κ1) is 20.8. The van der Waals surface area contributed by atoms with E-state index in [1.54, 1.807) is 28.1 Å². The molecule has 0 aliphatic carbocycles. The molecule has 164 valence electrons. The van der Waals surface area contributed by atoms with Crippen LogP contribution in [0, 0.1) is 0 Å². The molecule has 8 heteroatoms. The van der Waals surface area contributed by atoms with E-state index >= 15 is 0 Å². The number of nitrogens with one attached hydrogen (secondary N) is 1. The highest BCUT2D eigenvalue weighted by molar-refractivity contribution is 5.94. The summed E-state index contributed by atoms with van der Waals surface area (Å²) in [5.74, 6) is -0.0920. The van der Waals surface area contributed by atoms with E-state index in [0.29, 0.717) is 5.69 Å². The molecule has 31 heavy (non-hydrogen) atoms. The van der Waals surface area contributed by atoms with Crippen LogP contribution in [0.5, 0.6) is 0 Å². The fourth-order valence-corrected chi connectivity index (χ4v) is 4.29. The van der Waals surface area contributed by atoms with Crippen LogP contribution < -0.4 is 5.32 Å². The zero-order valence-corrected chi connectivity index (χ0v) is 18.2. The molecule has 0 radical (unpaired) electrons. The van der Waals surface area contributed by atoms with Gasteiger partial charge in [-0.15, -0.1) is 0 Å². The third kappa shape index (κ3) is 3.97. The number of carbonyl (C=O) groups excluding carboxylic acids is 1. The first-order valence-corrected chi connectivity index (χ1v) is 10.7. The Morgan fingerprint density at radius 2 is 1.81 bits per heavy atom. The number of carboxylic acid groups (broad SMARTS) is 1. The predicted molar refractivity (Wildman–Crippen MR) is 119 cm³/mol. The van der Waals surface area contributed by atoms with E-state index in [1.807, 2.05) is 50.4 Å². The van der Waals surface area contributed by atoms with Crippen LogP contribution in [-0.2, 0) is 0 Å². The van der Waals surface area contributed by atoms with Crippen molar-refractivity contribution >= 4 is 17.7 Å². The van der Waals surface area contributed by atoms with Crippen molar-refractivity contribution in [2.45, 2.75) is 39.2 Å². The minimum absolute atomic E-state index is 0.119. The number of carbonyl (C=O) groups is 2. The van der Waals surface area contributed by atoms with Gasteiger partial charge in [0.05, 0.1) is 23.5 Å². The first-order chi connectivity index (χ1) is 14.9. The van der Waals surface area contributed by atoms with Gasteiger partial charge in [0.1, 0.15) is 5.82 Å². The lowest BCUT2D eigenvalue weighted by Crippen LogP contribution is -2.55. The van der Waals surface area contributed by atoms with Crippen molar-refractivity contribution in [2.75, 3.05) is 25.5 Å². The van der Waals surface area contributed by atoms with Crippen LogP contribution in [0.1, 0.15) is 43.5 Å². The number of rotatable bonds is 5. The smallest absolute Gasteiger partial charge is 0.348 e. The molecule has 1 aromatic rings. The second-order valence-electron chi connectivity index (χ2n) is 8.22. The lowest BCUT2D eigenvalue weighted by molar-refractivity contribution is 0.0689. The Labute approximate surface area is 182 Å². The molecule has 2 N–H and O–H groups in total. The standard InChI is InChI=1S/C23H29N5O3/c1-16-13-20(17(2)24-19-10-6-5-9-18(19)22(29)30)27-15-21(26-11-7-4-8-12-26)25(3)23(31)28(27)14-16/h5-6,9-10,13-15,17,24H,4,7-8,11-12H2,1-3H3,(H,29,30). The average Bonchev–Trinajstić information content (AvgIpc) is 2.77. The topological polar surface area (TPSA) is 79.4 Å². The molecule has 8 nitrogen and oxygen atoms in total. The number of fused-ring (bicyclic) bond motifs is 1. The molecule has 3 aliphatic heterocycles. The number of hydrogen-bond donors (Lipinski definition) is 2. The number of aromatic carboxylic acids is 1. The maximum absolute atomic E-state index is 13.2. The van der Waals surface area contributed by atoms with Gasteiger partial charge in [0.15, 0.2) is 0 Å². The number of likely N-dealkylation sites (tertiary alicyclic amines) is 1. The summed E-state index contributed by atoms with van der Waals surface area (Å²) in [6.45, 7) is 5.79. The third-order valence-corrected chi connectivity index (χ3v) is 5.92. The number of hydrogen-bond acceptors (Lipinski definition) is 5. The van der Waals surface area contributed by atoms with Gasteiger partial charge in [-0.05, 0) is 56.9 Å². The number of para-hydroxylation sites is 1. The summed E-state index contributed by atoms with van der Waals surface area (Å²) in [7, 11) is 1.81. The normalized spacial score (nSPS) is 20.0. The maximum atomic E-state index is 13.2. The van der Waals surface area contributed by atoms with Gasteiger partial charge in [-0.1, -0.05) is 12.1 Å². The second-order valence-corrected chi connectivity index (χ2v) is 8.22. The van der Waals surface area contributed by atoms with Crippen molar-refractivity contribution in [3.63, 3.8) is 0 Å². The van der Waals surface area contributed by atoms with Gasteiger partial charge in [0.2, 0.25) is 0 Å². The van der Waals surface area contributed by atoms with E-state index < -0.39 is 5.97 Å². The third-order valence-electron chi connectivity index (χ3n) is 5.92. The minimum Gasteiger partial charge on any atom is -0.478 e. The number of nitrogens with zero attached hydrogens (tertiary/aromatic N) is 4. The van der Waals surface area contributed by atoms with Crippen molar-refractivity contribution in [2.24, 2.45) is 0 Å². The highest BCUT2D eigenvalue weighted by atomic mass is 16.4. The molecule has 3 aliphatic rings. The Morgan fingerprint density at radius 1 is 1.10 bits per heavy atom. The molecule has 2 amide bonds. The fourth-order valence-electron chi connectivity index (χ4n) is 4.29. The van der Waals surface area contributed by atoms with E-state index in [9.17, 15) is 14.7 Å². The SMILES string of the molecule is CC1=CN2C(=O)N(C)C(N3CCCCC3)=CN2C(C(C)Nc2ccccc2C(=O)O)=C1. The van der Waals surface area contributed by atoms with Gasteiger partial charge in [0, 0.05) is 32.0 Å². The summed E-state index contributed by atoms with van der Waals surface area (Å²) in [4.78, 5) is 28.8. The molecular weight excluding hydrogens is 394 g/mol. The Bertz CT molecular complexity index is 977. The zero-order valence-electron chi connectivity index (χ0n) is 18.2. The highest BCUT2D eigenvalue weighted by Gasteiger charge is 2.36. The van der Waals surface area contributed by atoms with E-state index in [-0.39, 0.29) is 17.6 Å². The summed E-state index contributed by atoms with van der Waals surface area (Å²) < 4.78 is 0. The molecule has 0 bridgehead atoms. The maximum Gasteiger partial charge on any atom is 0.348 e. The Hall–Kier alpha value is -3.42. The quantitative estimate of drug-likeness (QED) is 0.749. The summed E-state index contributed by atoms with van der Waals surface area (Å²) in [6, 6.07) is 6.50. The van der Waals surface area contributed by atoms with E-state index in [0.717, 1.165) is 43.0 Å². The Morgan fingerprint density at radius 3 is 2.52 bits per heavy atom. The number of urea groups is 1. The van der Waals surface area contributed by atoms with E-state index in [2.05, 4.69) is 10.2 Å². The zero-order chi connectivity index (χ0) is 22.1. The molecule has 1 unspecified atom stereocenters. The Kier molecular flexibility index (Phi) is 5.63. The number of anilines is 1. The summed E-state index contributed by atoms with van der Waals surface area (Å²) in [5.41, 5.74) is 2.58. The van der Waals surface area contributed by atoms with E-state index in [1.165, 1.54) is 6.42 Å². The van der Waals surface area contributed by atoms with Gasteiger partial charge >= 0.3 is 12.0 Å². The number of carboxylic acids is 1. The molecule has 0 aromatic heterocycles. The molecule has 0 spiro atoms. The van der Waals surface area contributed by atoms with Crippen LogP contribution in [-0.4, -0.2) is 63.1 Å². The van der Waals surface area contributed by atoms with Gasteiger partial charge in [-0.25, -0.2) is 14.6 Å². The molecule has 1 saturated heterocycles. The minimum atomic E-state index is -0.979. The monoisotopic (exact) mass is 423 g/mol. The number of piperidine rings is 1. The van der Waals surface area contributed by atoms with Gasteiger partial charge < -0.3 is 15.3 Å². The molecule has 4 rings (SSSR count). The number of hydrazine groups is 1. The van der Waals surface area contributed by atoms with Crippen LogP contribution in [0.4, 0.5) is 10.5 Å². The predicted octanol–water partition coefficient (Wildman–Crippen LogP) is 3.86. The molecule has 0 saturated carbocycles. The van der Waals surface area contributed by atoms with Crippen LogP contribution >= 0.6 is 0 Å². The second kappa shape index (κ2) is 8.37. The number of benzene rings is 1. The van der Waals surface area contributed by atoms with E-state index in [4.69, 9.17) is 0 Å². The first-order valence-electron chi connectivity index (χ1n) is 10.7. The van der Waals surface area contributed by atoms with Crippen LogP contribution in [0.3, 0.4) is 0 Å². The Balaban J connectivity index is 1.67. The molecule has 1 aromatic carbocycles. The molecule has 1 atom stereocenters. The van der Waals surface area contributed by atoms with Crippen molar-refractivity contribution in [3.05, 3.63) is 65.4 Å². The molecule has 1 fully saturated rings. The summed E-state index contributed by atoms with van der Waals surface area (Å²) in [5, 5.41) is 16.3. The lowest BCUT2D eigenvalue weighted by Gasteiger charge is -2.47. The van der Waals surface area contributed by atoms with Gasteiger partial charge in [-0.3, -0.25) is 9.91 Å². The van der Waals surface area contributed by atoms with Crippen LogP contribution in [0.2, 0.25) is 0 Å². The average molecular weight is 424 g/mol. The number of amides is 2. The fraction of sp³-hybridized carbons (Fsp3) is 0.391. The van der Waals surface area contributed by atoms with Crippen molar-refractivity contribution < 1.29 is 14.7 Å². The number of allylic oxidation sites excluding steroid dienone is 2. The van der Waals surface area contributed by atoms with Gasteiger partial charge in [-0.2, -0.15) is 0 Å². The van der Waals surface area contributed by atoms with Gasteiger partial charge in [0.25, 0.3) is 0 Å². The lowest BCUT2D eigenvalue weighted by atomic mass is 10.1. The van der Waals surface area contributed by atoms with Crippen molar-refractivity contribution in [1.82, 2.24) is 19.8 Å². The molecule has 3 heterocycles. The van der Waals surface area contributed by atoms with Crippen LogP contribution in [0.15, 0.2) is 59.8 Å². The van der Waals surface area contributed by atoms with Crippen molar-refractivity contribution in [3.8, 4) is 0 Å².